The first-order valence-corrected chi connectivity index (χ1v) is 10.4. The fourth-order valence-electron chi connectivity index (χ4n) is 2.88. The maximum absolute atomic E-state index is 13.0. The van der Waals surface area contributed by atoms with Gasteiger partial charge in [-0.3, -0.25) is 4.79 Å². The summed E-state index contributed by atoms with van der Waals surface area (Å²) < 4.78 is 27.3. The molecule has 0 aliphatic carbocycles. The summed E-state index contributed by atoms with van der Waals surface area (Å²) >= 11 is 1.55. The minimum absolute atomic E-state index is 0.184. The van der Waals surface area contributed by atoms with Crippen LogP contribution in [0, 0.1) is 20.8 Å². The van der Waals surface area contributed by atoms with E-state index in [0.717, 1.165) is 10.4 Å². The Hall–Kier alpha value is -1.70. The first-order chi connectivity index (χ1) is 11.8. The first kappa shape index (κ1) is 19.6. The molecule has 0 aliphatic rings. The molecule has 136 valence electrons. The van der Waals surface area contributed by atoms with Crippen molar-refractivity contribution in [3.05, 3.63) is 51.2 Å². The zero-order chi connectivity index (χ0) is 18.6. The lowest BCUT2D eigenvalue weighted by Gasteiger charge is -2.22. The monoisotopic (exact) mass is 380 g/mol. The van der Waals surface area contributed by atoms with Crippen LogP contribution in [-0.2, 0) is 21.4 Å². The predicted molar refractivity (Wildman–Crippen MR) is 101 cm³/mol. The number of rotatable bonds is 7. The van der Waals surface area contributed by atoms with Crippen molar-refractivity contribution >= 4 is 27.3 Å². The molecule has 1 aromatic carbocycles. The molecule has 0 atom stereocenters. The van der Waals surface area contributed by atoms with Gasteiger partial charge in [0.05, 0.1) is 18.0 Å². The molecule has 0 saturated carbocycles. The number of thiophene rings is 1. The molecule has 0 bridgehead atoms. The van der Waals surface area contributed by atoms with E-state index in [9.17, 15) is 13.2 Å². The summed E-state index contributed by atoms with van der Waals surface area (Å²) in [7, 11) is -3.72. The summed E-state index contributed by atoms with van der Waals surface area (Å²) in [5.74, 6) is -0.304. The summed E-state index contributed by atoms with van der Waals surface area (Å²) in [6.45, 7) is 7.72. The average Bonchev–Trinajstić information content (AvgIpc) is 3.02. The SMILES string of the molecule is CCN(CC(=O)NCc1cccs1)S(=O)(=O)c1c(C)cc(C)cc1C. The molecule has 2 aromatic rings. The van der Waals surface area contributed by atoms with Gasteiger partial charge in [-0.05, 0) is 43.3 Å². The number of sulfonamides is 1. The van der Waals surface area contributed by atoms with E-state index in [0.29, 0.717) is 22.6 Å². The van der Waals surface area contributed by atoms with E-state index >= 15 is 0 Å². The zero-order valence-corrected chi connectivity index (χ0v) is 16.6. The normalized spacial score (nSPS) is 11.7. The van der Waals surface area contributed by atoms with Crippen molar-refractivity contribution in [3.8, 4) is 0 Å². The molecule has 0 spiro atoms. The molecule has 2 rings (SSSR count). The fourth-order valence-corrected chi connectivity index (χ4v) is 5.35. The van der Waals surface area contributed by atoms with Crippen LogP contribution in [0.15, 0.2) is 34.5 Å². The molecule has 5 nitrogen and oxygen atoms in total. The van der Waals surface area contributed by atoms with Gasteiger partial charge in [-0.1, -0.05) is 30.7 Å². The smallest absolute Gasteiger partial charge is 0.244 e. The molecule has 25 heavy (non-hydrogen) atoms. The van der Waals surface area contributed by atoms with E-state index in [1.54, 1.807) is 32.1 Å². The Kier molecular flexibility index (Phi) is 6.37. The first-order valence-electron chi connectivity index (χ1n) is 8.12. The minimum Gasteiger partial charge on any atom is -0.350 e. The molecule has 1 aromatic heterocycles. The van der Waals surface area contributed by atoms with Crippen molar-refractivity contribution in [3.63, 3.8) is 0 Å². The Labute approximate surface area is 153 Å². The maximum atomic E-state index is 13.0. The van der Waals surface area contributed by atoms with Gasteiger partial charge in [0, 0.05) is 11.4 Å². The molecular weight excluding hydrogens is 356 g/mol. The summed E-state index contributed by atoms with van der Waals surface area (Å²) in [6.07, 6.45) is 0. The van der Waals surface area contributed by atoms with E-state index in [2.05, 4.69) is 5.32 Å². The van der Waals surface area contributed by atoms with Gasteiger partial charge >= 0.3 is 0 Å². The number of aryl methyl sites for hydroxylation is 3. The van der Waals surface area contributed by atoms with Crippen LogP contribution in [-0.4, -0.2) is 31.7 Å². The van der Waals surface area contributed by atoms with Crippen molar-refractivity contribution in [2.24, 2.45) is 0 Å². The molecule has 1 amide bonds. The lowest BCUT2D eigenvalue weighted by atomic mass is 10.1. The number of carbonyl (C=O) groups is 1. The number of nitrogens with one attached hydrogen (secondary N) is 1. The van der Waals surface area contributed by atoms with Gasteiger partial charge in [-0.15, -0.1) is 11.3 Å². The average molecular weight is 381 g/mol. The summed E-state index contributed by atoms with van der Waals surface area (Å²) in [5, 5.41) is 4.71. The molecule has 1 heterocycles. The third-order valence-corrected chi connectivity index (χ3v) is 7.02. The number of hydrogen-bond donors (Lipinski definition) is 1. The second-order valence-corrected chi connectivity index (χ2v) is 8.92. The van der Waals surface area contributed by atoms with E-state index < -0.39 is 10.0 Å². The summed E-state index contributed by atoms with van der Waals surface area (Å²) in [4.78, 5) is 13.5. The van der Waals surface area contributed by atoms with Crippen LogP contribution >= 0.6 is 11.3 Å². The van der Waals surface area contributed by atoms with E-state index in [4.69, 9.17) is 0 Å². The molecule has 0 radical (unpaired) electrons. The highest BCUT2D eigenvalue weighted by Crippen LogP contribution is 2.25. The van der Waals surface area contributed by atoms with Crippen LogP contribution < -0.4 is 5.32 Å². The van der Waals surface area contributed by atoms with Crippen LogP contribution in [0.2, 0.25) is 0 Å². The molecule has 1 N–H and O–H groups in total. The van der Waals surface area contributed by atoms with Gasteiger partial charge < -0.3 is 5.32 Å². The van der Waals surface area contributed by atoms with Crippen LogP contribution in [0.25, 0.3) is 0 Å². The van der Waals surface area contributed by atoms with Crippen LogP contribution in [0.4, 0.5) is 0 Å². The largest absolute Gasteiger partial charge is 0.350 e. The van der Waals surface area contributed by atoms with Crippen molar-refractivity contribution in [2.45, 2.75) is 39.1 Å². The maximum Gasteiger partial charge on any atom is 0.244 e. The number of hydrogen-bond acceptors (Lipinski definition) is 4. The second kappa shape index (κ2) is 8.12. The fraction of sp³-hybridized carbons (Fsp3) is 0.389. The Bertz CT molecular complexity index is 820. The van der Waals surface area contributed by atoms with Crippen molar-refractivity contribution in [1.82, 2.24) is 9.62 Å². The standard InChI is InChI=1S/C18H24N2O3S2/c1-5-20(12-17(21)19-11-16-7-6-8-24-16)25(22,23)18-14(3)9-13(2)10-15(18)4/h6-10H,5,11-12H2,1-4H3,(H,19,21). The highest BCUT2D eigenvalue weighted by Gasteiger charge is 2.28. The Morgan fingerprint density at radius 1 is 1.20 bits per heavy atom. The lowest BCUT2D eigenvalue weighted by Crippen LogP contribution is -2.40. The molecule has 7 heteroatoms. The van der Waals surface area contributed by atoms with Crippen molar-refractivity contribution < 1.29 is 13.2 Å². The van der Waals surface area contributed by atoms with E-state index in [1.165, 1.54) is 4.31 Å². The third kappa shape index (κ3) is 4.68. The second-order valence-electron chi connectivity index (χ2n) is 6.02. The highest BCUT2D eigenvalue weighted by atomic mass is 32.2. The lowest BCUT2D eigenvalue weighted by molar-refractivity contribution is -0.121. The number of nitrogens with zero attached hydrogens (tertiary/aromatic N) is 1. The van der Waals surface area contributed by atoms with Gasteiger partial charge in [0.25, 0.3) is 0 Å². The molecule has 0 aliphatic heterocycles. The highest BCUT2D eigenvalue weighted by molar-refractivity contribution is 7.89. The third-order valence-electron chi connectivity index (χ3n) is 3.92. The van der Waals surface area contributed by atoms with Gasteiger partial charge in [-0.25, -0.2) is 8.42 Å². The summed E-state index contributed by atoms with van der Waals surface area (Å²) in [5.41, 5.74) is 2.43. The number of carbonyl (C=O) groups excluding carboxylic acids is 1. The Morgan fingerprint density at radius 3 is 2.36 bits per heavy atom. The van der Waals surface area contributed by atoms with E-state index in [1.807, 2.05) is 36.6 Å². The van der Waals surface area contributed by atoms with Crippen LogP contribution in [0.3, 0.4) is 0 Å². The van der Waals surface area contributed by atoms with Gasteiger partial charge in [0.2, 0.25) is 15.9 Å². The van der Waals surface area contributed by atoms with Gasteiger partial charge in [0.15, 0.2) is 0 Å². The van der Waals surface area contributed by atoms with Gasteiger partial charge in [-0.2, -0.15) is 4.31 Å². The summed E-state index contributed by atoms with van der Waals surface area (Å²) in [6, 6.07) is 7.55. The van der Waals surface area contributed by atoms with Crippen LogP contribution in [0.5, 0.6) is 0 Å². The molecular formula is C18H24N2O3S2. The zero-order valence-electron chi connectivity index (χ0n) is 15.0. The predicted octanol–water partition coefficient (Wildman–Crippen LogP) is 3.00. The number of likely N-dealkylation sites (N-methyl/N-ethyl adjacent to an activating group) is 1. The molecule has 0 unspecified atom stereocenters. The van der Waals surface area contributed by atoms with Crippen molar-refractivity contribution in [2.75, 3.05) is 13.1 Å². The number of benzene rings is 1. The van der Waals surface area contributed by atoms with Gasteiger partial charge in [0.1, 0.15) is 0 Å². The van der Waals surface area contributed by atoms with E-state index in [-0.39, 0.29) is 19.0 Å². The quantitative estimate of drug-likeness (QED) is 0.803. The topological polar surface area (TPSA) is 66.5 Å². The molecule has 0 fully saturated rings. The minimum atomic E-state index is -3.72. The van der Waals surface area contributed by atoms with Crippen LogP contribution in [0.1, 0.15) is 28.5 Å². The van der Waals surface area contributed by atoms with Crippen molar-refractivity contribution in [1.29, 1.82) is 0 Å². The number of amides is 1. The molecule has 0 saturated heterocycles. The Balaban J connectivity index is 2.17. The Morgan fingerprint density at radius 2 is 1.84 bits per heavy atom.